The molecule has 2 aliphatic carbocycles. The molecule has 0 spiro atoms. The molecule has 3 aromatic rings. The maximum Gasteiger partial charge on any atom is 0.356 e. The number of benzene rings is 2. The molecule has 2 aliphatic rings. The molecule has 0 bridgehead atoms. The lowest BCUT2D eigenvalue weighted by Crippen LogP contribution is -2.25. The summed E-state index contributed by atoms with van der Waals surface area (Å²) in [6, 6.07) is 17.6. The number of pyridine rings is 1. The highest BCUT2D eigenvalue weighted by atomic mass is 35.5. The number of halogens is 1. The Bertz CT molecular complexity index is 1200. The molecule has 176 valence electrons. The van der Waals surface area contributed by atoms with Crippen molar-refractivity contribution in [3.8, 4) is 0 Å². The first-order valence-electron chi connectivity index (χ1n) is 12.0. The van der Waals surface area contributed by atoms with Crippen molar-refractivity contribution in [3.63, 3.8) is 0 Å². The zero-order chi connectivity index (χ0) is 23.9. The highest BCUT2D eigenvalue weighted by Gasteiger charge is 2.51. The van der Waals surface area contributed by atoms with Gasteiger partial charge in [-0.15, -0.1) is 0 Å². The summed E-state index contributed by atoms with van der Waals surface area (Å²) in [6.45, 7) is 4.77. The lowest BCUT2D eigenvalue weighted by molar-refractivity contribution is 0.0691. The second kappa shape index (κ2) is 8.95. The van der Waals surface area contributed by atoms with Gasteiger partial charge in [-0.05, 0) is 103 Å². The first-order chi connectivity index (χ1) is 16.3. The van der Waals surface area contributed by atoms with Crippen LogP contribution in [-0.2, 0) is 5.41 Å². The Balaban J connectivity index is 1.31. The first-order valence-corrected chi connectivity index (χ1v) is 12.3. The number of aromatic nitrogens is 1. The molecule has 1 heterocycles. The number of carboxylic acids is 1. The van der Waals surface area contributed by atoms with E-state index in [9.17, 15) is 9.90 Å². The van der Waals surface area contributed by atoms with Crippen molar-refractivity contribution in [3.05, 3.63) is 77.1 Å². The molecule has 0 aliphatic heterocycles. The number of carbonyl (C=O) groups is 1. The van der Waals surface area contributed by atoms with Crippen LogP contribution in [0, 0.1) is 17.8 Å². The van der Waals surface area contributed by atoms with Gasteiger partial charge in [0.1, 0.15) is 0 Å². The predicted molar refractivity (Wildman–Crippen MR) is 138 cm³/mol. The molecule has 0 radical (unpaired) electrons. The second-order valence-electron chi connectivity index (χ2n) is 10.2. The van der Waals surface area contributed by atoms with Crippen molar-refractivity contribution in [2.24, 2.45) is 17.8 Å². The van der Waals surface area contributed by atoms with E-state index in [1.807, 2.05) is 24.3 Å². The van der Waals surface area contributed by atoms with E-state index in [0.717, 1.165) is 39.8 Å². The fourth-order valence-electron chi connectivity index (χ4n) is 6.37. The van der Waals surface area contributed by atoms with Crippen LogP contribution in [0.4, 0.5) is 22.7 Å². The van der Waals surface area contributed by atoms with Gasteiger partial charge in [0.2, 0.25) is 0 Å². The SMILES string of the molecule is CC1CC2CC(C)CC2(c2ccc(Nc3ccc(Nc4cccnc4C(=O)O)cc3)c(Cl)c2)C1. The van der Waals surface area contributed by atoms with E-state index in [-0.39, 0.29) is 11.1 Å². The predicted octanol–water partition coefficient (Wildman–Crippen LogP) is 7.63. The average molecular weight is 476 g/mol. The molecule has 2 atom stereocenters. The smallest absolute Gasteiger partial charge is 0.356 e. The highest BCUT2D eigenvalue weighted by molar-refractivity contribution is 6.33. The van der Waals surface area contributed by atoms with Gasteiger partial charge in [0.15, 0.2) is 5.69 Å². The Morgan fingerprint density at radius 2 is 1.59 bits per heavy atom. The van der Waals surface area contributed by atoms with Gasteiger partial charge in [-0.1, -0.05) is 31.5 Å². The number of hydrogen-bond acceptors (Lipinski definition) is 4. The summed E-state index contributed by atoms with van der Waals surface area (Å²) in [5.74, 6) is 1.26. The van der Waals surface area contributed by atoms with Crippen LogP contribution < -0.4 is 10.6 Å². The van der Waals surface area contributed by atoms with Gasteiger partial charge in [0.05, 0.1) is 16.4 Å². The molecule has 2 fully saturated rings. The quantitative estimate of drug-likeness (QED) is 0.341. The van der Waals surface area contributed by atoms with E-state index in [4.69, 9.17) is 11.6 Å². The fourth-order valence-corrected chi connectivity index (χ4v) is 6.60. The summed E-state index contributed by atoms with van der Waals surface area (Å²) in [5.41, 5.74) is 4.70. The molecule has 0 saturated heterocycles. The van der Waals surface area contributed by atoms with E-state index in [1.54, 1.807) is 12.1 Å². The number of fused-ring (bicyclic) bond motifs is 1. The third-order valence-corrected chi connectivity index (χ3v) is 7.89. The number of nitrogens with zero attached hydrogens (tertiary/aromatic N) is 1. The zero-order valence-corrected chi connectivity index (χ0v) is 20.3. The summed E-state index contributed by atoms with van der Waals surface area (Å²) < 4.78 is 0. The number of rotatable bonds is 6. The van der Waals surface area contributed by atoms with E-state index in [0.29, 0.717) is 5.69 Å². The van der Waals surface area contributed by atoms with Gasteiger partial charge in [0, 0.05) is 17.6 Å². The topological polar surface area (TPSA) is 74.2 Å². The van der Waals surface area contributed by atoms with E-state index < -0.39 is 5.97 Å². The molecule has 34 heavy (non-hydrogen) atoms. The third-order valence-electron chi connectivity index (χ3n) is 7.58. The summed E-state index contributed by atoms with van der Waals surface area (Å²) >= 11 is 6.77. The van der Waals surface area contributed by atoms with Gasteiger partial charge in [-0.3, -0.25) is 0 Å². The largest absolute Gasteiger partial charge is 0.476 e. The lowest BCUT2D eigenvalue weighted by atomic mass is 9.73. The molecule has 1 aromatic heterocycles. The number of aromatic carboxylic acids is 1. The fraction of sp³-hybridized carbons (Fsp3) is 0.357. The van der Waals surface area contributed by atoms with Crippen molar-refractivity contribution in [1.82, 2.24) is 4.98 Å². The molecule has 2 unspecified atom stereocenters. The highest BCUT2D eigenvalue weighted by Crippen LogP contribution is 2.59. The summed E-state index contributed by atoms with van der Waals surface area (Å²) in [7, 11) is 0. The van der Waals surface area contributed by atoms with Crippen LogP contribution in [0.25, 0.3) is 0 Å². The molecule has 6 heteroatoms. The molecule has 5 rings (SSSR count). The van der Waals surface area contributed by atoms with Crippen LogP contribution >= 0.6 is 11.6 Å². The Labute approximate surface area is 205 Å². The zero-order valence-electron chi connectivity index (χ0n) is 19.5. The molecule has 3 N–H and O–H groups in total. The maximum absolute atomic E-state index is 11.4. The first kappa shape index (κ1) is 22.7. The Kier molecular flexibility index (Phi) is 5.98. The normalized spacial score (nSPS) is 25.7. The van der Waals surface area contributed by atoms with Crippen LogP contribution in [0.3, 0.4) is 0 Å². The van der Waals surface area contributed by atoms with Crippen LogP contribution in [0.1, 0.15) is 55.6 Å². The molecular formula is C28H30ClN3O2. The Morgan fingerprint density at radius 1 is 0.971 bits per heavy atom. The van der Waals surface area contributed by atoms with Crippen molar-refractivity contribution in [1.29, 1.82) is 0 Å². The number of nitrogens with one attached hydrogen (secondary N) is 2. The minimum atomic E-state index is -1.07. The van der Waals surface area contributed by atoms with Gasteiger partial charge in [-0.2, -0.15) is 0 Å². The molecule has 2 aromatic carbocycles. The van der Waals surface area contributed by atoms with Crippen LogP contribution in [0.15, 0.2) is 60.8 Å². The monoisotopic (exact) mass is 475 g/mol. The lowest BCUT2D eigenvalue weighted by Gasteiger charge is -2.31. The molecule has 2 saturated carbocycles. The van der Waals surface area contributed by atoms with E-state index in [2.05, 4.69) is 47.7 Å². The van der Waals surface area contributed by atoms with Crippen molar-refractivity contribution < 1.29 is 9.90 Å². The average Bonchev–Trinajstić information content (AvgIpc) is 3.28. The molecular weight excluding hydrogens is 446 g/mol. The third kappa shape index (κ3) is 4.25. The van der Waals surface area contributed by atoms with Gasteiger partial charge < -0.3 is 15.7 Å². The Morgan fingerprint density at radius 3 is 2.18 bits per heavy atom. The van der Waals surface area contributed by atoms with Crippen molar-refractivity contribution in [2.75, 3.05) is 10.6 Å². The Hall–Kier alpha value is -3.05. The van der Waals surface area contributed by atoms with Crippen molar-refractivity contribution >= 4 is 40.3 Å². The van der Waals surface area contributed by atoms with Crippen molar-refractivity contribution in [2.45, 2.75) is 44.9 Å². The summed E-state index contributed by atoms with van der Waals surface area (Å²) in [6.07, 6.45) is 6.65. The minimum Gasteiger partial charge on any atom is -0.476 e. The number of carboxylic acid groups (broad SMARTS) is 1. The van der Waals surface area contributed by atoms with Crippen LogP contribution in [0.2, 0.25) is 5.02 Å². The molecule has 5 nitrogen and oxygen atoms in total. The number of hydrogen-bond donors (Lipinski definition) is 3. The van der Waals surface area contributed by atoms with Crippen LogP contribution in [-0.4, -0.2) is 16.1 Å². The van der Waals surface area contributed by atoms with Gasteiger partial charge in [-0.25, -0.2) is 9.78 Å². The summed E-state index contributed by atoms with van der Waals surface area (Å²) in [4.78, 5) is 15.3. The number of anilines is 4. The van der Waals surface area contributed by atoms with Gasteiger partial charge >= 0.3 is 5.97 Å². The van der Waals surface area contributed by atoms with E-state index in [1.165, 1.54) is 37.4 Å². The van der Waals surface area contributed by atoms with E-state index >= 15 is 0 Å². The van der Waals surface area contributed by atoms with Crippen LogP contribution in [0.5, 0.6) is 0 Å². The standard InChI is InChI=1S/C28H30ClN3O2/c1-17-12-20-13-18(2)16-28(20,15-17)19-5-10-24(23(29)14-19)31-21-6-8-22(9-7-21)32-25-4-3-11-30-26(25)27(33)34/h3-11,14,17-18,20,31-32H,12-13,15-16H2,1-2H3,(H,33,34). The van der Waals surface area contributed by atoms with Gasteiger partial charge in [0.25, 0.3) is 0 Å². The summed E-state index contributed by atoms with van der Waals surface area (Å²) in [5, 5.41) is 16.6. The second-order valence-corrected chi connectivity index (χ2v) is 10.6. The maximum atomic E-state index is 11.4. The minimum absolute atomic E-state index is 0.00778. The molecule has 0 amide bonds.